The van der Waals surface area contributed by atoms with Gasteiger partial charge >= 0.3 is 0 Å². The molecule has 5 rings (SSSR count). The van der Waals surface area contributed by atoms with Crippen molar-refractivity contribution >= 4 is 48.8 Å². The number of benzene rings is 2. The largest absolute Gasteiger partial charge is 0.341 e. The van der Waals surface area contributed by atoms with Gasteiger partial charge in [-0.3, -0.25) is 24.6 Å². The van der Waals surface area contributed by atoms with Crippen LogP contribution in [0.1, 0.15) is 55.1 Å². The number of fused-ring (bicyclic) bond motifs is 2. The molecule has 2 aliphatic rings. The van der Waals surface area contributed by atoms with Crippen LogP contribution < -0.4 is 15.4 Å². The summed E-state index contributed by atoms with van der Waals surface area (Å²) < 4.78 is 56.3. The zero-order valence-corrected chi connectivity index (χ0v) is 25.8. The molecule has 1 aliphatic heterocycles. The van der Waals surface area contributed by atoms with Crippen molar-refractivity contribution in [2.45, 2.75) is 50.6 Å². The van der Waals surface area contributed by atoms with E-state index in [0.717, 1.165) is 17.9 Å². The van der Waals surface area contributed by atoms with Crippen LogP contribution in [0.5, 0.6) is 0 Å². The smallest absolute Gasteiger partial charge is 0.286 e. The number of ketones is 2. The molecule has 2 unspecified atom stereocenters. The summed E-state index contributed by atoms with van der Waals surface area (Å²) in [6, 6.07) is 14.4. The molecule has 11 nitrogen and oxygen atoms in total. The minimum Gasteiger partial charge on any atom is -0.341 e. The number of nitrogens with zero attached hydrogens (tertiary/aromatic N) is 2. The van der Waals surface area contributed by atoms with Crippen LogP contribution in [-0.4, -0.2) is 45.5 Å². The molecule has 13 heteroatoms. The highest BCUT2D eigenvalue weighted by Crippen LogP contribution is 2.43. The average Bonchev–Trinajstić information content (AvgIpc) is 2.92. The van der Waals surface area contributed by atoms with Crippen molar-refractivity contribution in [1.29, 1.82) is 0 Å². The summed E-state index contributed by atoms with van der Waals surface area (Å²) in [5.74, 6) is -2.91. The Labute approximate surface area is 251 Å². The summed E-state index contributed by atoms with van der Waals surface area (Å²) in [4.78, 5) is 32.6. The summed E-state index contributed by atoms with van der Waals surface area (Å²) in [6.45, 7) is 6.46. The Morgan fingerprint density at radius 2 is 1.79 bits per heavy atom. The first-order chi connectivity index (χ1) is 20.1. The van der Waals surface area contributed by atoms with Crippen molar-refractivity contribution in [2.75, 3.05) is 16.3 Å². The number of rotatable bonds is 8. The van der Waals surface area contributed by atoms with Gasteiger partial charge in [0.25, 0.3) is 10.0 Å². The van der Waals surface area contributed by atoms with Gasteiger partial charge in [0.05, 0.1) is 11.9 Å². The predicted molar refractivity (Wildman–Crippen MR) is 164 cm³/mol. The van der Waals surface area contributed by atoms with E-state index in [1.54, 1.807) is 42.7 Å². The van der Waals surface area contributed by atoms with E-state index in [1.165, 1.54) is 12.1 Å². The van der Waals surface area contributed by atoms with Crippen molar-refractivity contribution < 1.29 is 26.4 Å². The third-order valence-corrected chi connectivity index (χ3v) is 9.42. The minimum absolute atomic E-state index is 0.0322. The Balaban J connectivity index is 1.62. The van der Waals surface area contributed by atoms with E-state index in [9.17, 15) is 26.4 Å². The second kappa shape index (κ2) is 11.0. The fourth-order valence-electron chi connectivity index (χ4n) is 5.40. The van der Waals surface area contributed by atoms with E-state index in [4.69, 9.17) is 0 Å². The summed E-state index contributed by atoms with van der Waals surface area (Å²) in [5, 5.41) is 6.35. The van der Waals surface area contributed by atoms with Crippen molar-refractivity contribution in [2.24, 2.45) is 15.7 Å². The first kappa shape index (κ1) is 30.5. The van der Waals surface area contributed by atoms with Crippen LogP contribution in [0.3, 0.4) is 0 Å². The van der Waals surface area contributed by atoms with Gasteiger partial charge in [0, 0.05) is 30.2 Å². The highest BCUT2D eigenvalue weighted by molar-refractivity contribution is 7.92. The summed E-state index contributed by atoms with van der Waals surface area (Å²) in [6.07, 6.45) is 5.25. The molecule has 1 aromatic heterocycles. The van der Waals surface area contributed by atoms with Crippen LogP contribution in [0.25, 0.3) is 0 Å². The van der Waals surface area contributed by atoms with Gasteiger partial charge in [-0.25, -0.2) is 8.42 Å². The average molecular weight is 624 g/mol. The van der Waals surface area contributed by atoms with Gasteiger partial charge in [-0.2, -0.15) is 8.42 Å². The molecule has 0 saturated carbocycles. The molecule has 0 saturated heterocycles. The van der Waals surface area contributed by atoms with Gasteiger partial charge in [0.1, 0.15) is 22.2 Å². The zero-order chi connectivity index (χ0) is 31.2. The molecule has 1 aliphatic carbocycles. The lowest BCUT2D eigenvalue weighted by Gasteiger charge is -2.43. The third kappa shape index (κ3) is 6.24. The highest BCUT2D eigenvalue weighted by Gasteiger charge is 2.54. The van der Waals surface area contributed by atoms with Gasteiger partial charge in [0.2, 0.25) is 10.0 Å². The number of carbonyl (C=O) groups is 2. The number of hydrogen-bond acceptors (Lipinski definition) is 9. The van der Waals surface area contributed by atoms with E-state index >= 15 is 0 Å². The molecule has 3 aromatic rings. The number of anilines is 2. The Morgan fingerprint density at radius 3 is 2.47 bits per heavy atom. The van der Waals surface area contributed by atoms with Crippen LogP contribution in [0.2, 0.25) is 0 Å². The van der Waals surface area contributed by atoms with Gasteiger partial charge in [0.15, 0.2) is 11.6 Å². The molecule has 2 aromatic carbocycles. The number of sulfonamides is 2. The number of Topliss-reactive ketones (excluding diaryl/α,β-unsaturated/α-hetero) is 2. The number of aromatic nitrogens is 1. The summed E-state index contributed by atoms with van der Waals surface area (Å²) >= 11 is 0. The molecule has 2 heterocycles. The number of hydrogen-bond donors (Lipinski definition) is 3. The highest BCUT2D eigenvalue weighted by atomic mass is 32.2. The quantitative estimate of drug-likeness (QED) is 0.316. The molecule has 43 heavy (non-hydrogen) atoms. The fourth-order valence-corrected chi connectivity index (χ4v) is 7.14. The SMILES string of the molecule is CC(C)(C)CCC1(NCc2cccnc2)C(=O)C(C2=NS(=O)(=O)c3cc(NS(C)(=O)=O)ccc3N2)C(=O)c2ccccc21. The lowest BCUT2D eigenvalue weighted by Crippen LogP contribution is -2.59. The van der Waals surface area contributed by atoms with Gasteiger partial charge in [-0.15, -0.1) is 4.40 Å². The maximum atomic E-state index is 14.7. The molecule has 0 amide bonds. The topological polar surface area (TPSA) is 164 Å². The molecule has 0 spiro atoms. The standard InChI is InChI=1S/C30H33N5O6S2/c1-29(2,3)13-14-30(32-18-19-8-7-15-31-17-19)22-10-6-5-9-21(22)26(36)25(27(30)37)28-33-23-12-11-20(34-42(4,38)39)16-24(23)43(40,41)35-28/h5-12,15-17,25,32,34H,13-14,18H2,1-4H3,(H,33,35). The number of amidine groups is 1. The van der Waals surface area contributed by atoms with Gasteiger partial charge in [-0.1, -0.05) is 51.1 Å². The Hall–Kier alpha value is -3.94. The molecule has 226 valence electrons. The number of nitrogens with one attached hydrogen (secondary N) is 3. The first-order valence-corrected chi connectivity index (χ1v) is 17.0. The monoisotopic (exact) mass is 623 g/mol. The van der Waals surface area contributed by atoms with Crippen molar-refractivity contribution in [3.05, 3.63) is 83.7 Å². The van der Waals surface area contributed by atoms with E-state index in [2.05, 4.69) is 45.5 Å². The zero-order valence-electron chi connectivity index (χ0n) is 24.2. The van der Waals surface area contributed by atoms with E-state index in [-0.39, 0.29) is 34.1 Å². The maximum absolute atomic E-state index is 14.7. The van der Waals surface area contributed by atoms with Crippen LogP contribution in [0.4, 0.5) is 11.4 Å². The molecule has 0 bridgehead atoms. The van der Waals surface area contributed by atoms with Crippen molar-refractivity contribution in [3.63, 3.8) is 0 Å². The van der Waals surface area contributed by atoms with Crippen LogP contribution in [-0.2, 0) is 36.9 Å². The Morgan fingerprint density at radius 1 is 1.05 bits per heavy atom. The Kier molecular flexibility index (Phi) is 7.78. The first-order valence-electron chi connectivity index (χ1n) is 13.7. The molecular formula is C30H33N5O6S2. The lowest BCUT2D eigenvalue weighted by atomic mass is 9.66. The minimum atomic E-state index is -4.41. The molecular weight excluding hydrogens is 590 g/mol. The van der Waals surface area contributed by atoms with Gasteiger partial charge < -0.3 is 5.32 Å². The van der Waals surface area contributed by atoms with E-state index in [0.29, 0.717) is 24.0 Å². The third-order valence-electron chi connectivity index (χ3n) is 7.48. The van der Waals surface area contributed by atoms with Crippen molar-refractivity contribution in [1.82, 2.24) is 10.3 Å². The number of carbonyl (C=O) groups excluding carboxylic acids is 2. The van der Waals surface area contributed by atoms with Gasteiger partial charge in [-0.05, 0) is 53.6 Å². The van der Waals surface area contributed by atoms with Crippen LogP contribution in [0, 0.1) is 11.3 Å². The molecule has 0 radical (unpaired) electrons. The Bertz CT molecular complexity index is 1850. The van der Waals surface area contributed by atoms with Crippen LogP contribution in [0.15, 0.2) is 76.3 Å². The van der Waals surface area contributed by atoms with E-state index < -0.39 is 43.1 Å². The summed E-state index contributed by atoms with van der Waals surface area (Å²) in [5.41, 5.74) is 0.285. The lowest BCUT2D eigenvalue weighted by molar-refractivity contribution is -0.128. The second-order valence-corrected chi connectivity index (χ2v) is 15.4. The number of pyridine rings is 1. The summed E-state index contributed by atoms with van der Waals surface area (Å²) in [7, 11) is -8.08. The molecule has 3 N–H and O–H groups in total. The maximum Gasteiger partial charge on any atom is 0.286 e. The van der Waals surface area contributed by atoms with E-state index in [1.807, 2.05) is 6.07 Å². The normalized spacial score (nSPS) is 21.3. The molecule has 0 fully saturated rings. The molecule has 2 atom stereocenters. The van der Waals surface area contributed by atoms with Crippen molar-refractivity contribution in [3.8, 4) is 0 Å². The van der Waals surface area contributed by atoms with Crippen LogP contribution >= 0.6 is 0 Å². The predicted octanol–water partition coefficient (Wildman–Crippen LogP) is 3.86. The second-order valence-electron chi connectivity index (χ2n) is 12.0. The fraction of sp³-hybridized carbons (Fsp3) is 0.333.